The lowest BCUT2D eigenvalue weighted by Crippen LogP contribution is -1.86. The number of hydrogen-bond donors (Lipinski definition) is 1. The fraction of sp³-hybridized carbons (Fsp3) is 0. The quantitative estimate of drug-likeness (QED) is 0.775. The second-order valence-corrected chi connectivity index (χ2v) is 4.41. The molecule has 88 valence electrons. The molecule has 0 unspecified atom stereocenters. The van der Waals surface area contributed by atoms with Crippen LogP contribution in [0.3, 0.4) is 0 Å². The number of aromatic hydroxyl groups is 1. The predicted molar refractivity (Wildman–Crippen MR) is 69.7 cm³/mol. The zero-order chi connectivity index (χ0) is 12.4. The summed E-state index contributed by atoms with van der Waals surface area (Å²) in [5.41, 5.74) is 0. The molecule has 0 amide bonds. The molecule has 0 heterocycles. The van der Waals surface area contributed by atoms with Gasteiger partial charge in [0, 0.05) is 6.07 Å². The van der Waals surface area contributed by atoms with E-state index in [0.717, 1.165) is 0 Å². The molecule has 0 atom stereocenters. The number of benzene rings is 2. The first kappa shape index (κ1) is 12.4. The zero-order valence-electron chi connectivity index (χ0n) is 8.45. The van der Waals surface area contributed by atoms with E-state index < -0.39 is 0 Å². The molecule has 0 aliphatic heterocycles. The van der Waals surface area contributed by atoms with E-state index in [9.17, 15) is 5.11 Å². The van der Waals surface area contributed by atoms with Crippen LogP contribution < -0.4 is 4.74 Å². The average Bonchev–Trinajstić information content (AvgIpc) is 2.35. The second-order valence-electron chi connectivity index (χ2n) is 3.25. The molecule has 0 saturated heterocycles. The standard InChI is InChI=1S/C12H7Cl3O2/c13-8-6-9(12(16)11(15)10(8)14)17-7-4-2-1-3-5-7/h1-6,16H. The largest absolute Gasteiger partial charge is 0.503 e. The van der Waals surface area contributed by atoms with Gasteiger partial charge in [-0.2, -0.15) is 0 Å². The van der Waals surface area contributed by atoms with E-state index >= 15 is 0 Å². The molecule has 0 bridgehead atoms. The van der Waals surface area contributed by atoms with Crippen LogP contribution in [0.2, 0.25) is 15.1 Å². The van der Waals surface area contributed by atoms with Gasteiger partial charge in [0.2, 0.25) is 0 Å². The Labute approximate surface area is 113 Å². The van der Waals surface area contributed by atoms with Crippen LogP contribution in [-0.4, -0.2) is 5.11 Å². The molecule has 0 fully saturated rings. The number of phenols is 1. The van der Waals surface area contributed by atoms with Gasteiger partial charge in [-0.15, -0.1) is 0 Å². The zero-order valence-corrected chi connectivity index (χ0v) is 10.7. The Balaban J connectivity index is 2.41. The van der Waals surface area contributed by atoms with Crippen molar-refractivity contribution in [2.24, 2.45) is 0 Å². The van der Waals surface area contributed by atoms with Crippen molar-refractivity contribution in [3.63, 3.8) is 0 Å². The molecule has 2 aromatic carbocycles. The summed E-state index contributed by atoms with van der Waals surface area (Å²) in [6, 6.07) is 10.4. The summed E-state index contributed by atoms with van der Waals surface area (Å²) in [4.78, 5) is 0. The molecule has 0 aliphatic rings. The summed E-state index contributed by atoms with van der Waals surface area (Å²) in [6.45, 7) is 0. The van der Waals surface area contributed by atoms with E-state index in [-0.39, 0.29) is 26.6 Å². The van der Waals surface area contributed by atoms with Crippen molar-refractivity contribution in [2.75, 3.05) is 0 Å². The number of rotatable bonds is 2. The monoisotopic (exact) mass is 288 g/mol. The summed E-state index contributed by atoms with van der Waals surface area (Å²) in [7, 11) is 0. The molecule has 2 aromatic rings. The highest BCUT2D eigenvalue weighted by Gasteiger charge is 2.15. The second kappa shape index (κ2) is 5.05. The Bertz CT molecular complexity index is 541. The van der Waals surface area contributed by atoms with E-state index in [1.807, 2.05) is 18.2 Å². The van der Waals surface area contributed by atoms with Crippen molar-refractivity contribution < 1.29 is 9.84 Å². The van der Waals surface area contributed by atoms with E-state index in [1.165, 1.54) is 6.07 Å². The molecular formula is C12H7Cl3O2. The molecule has 17 heavy (non-hydrogen) atoms. The highest BCUT2D eigenvalue weighted by molar-refractivity contribution is 6.48. The van der Waals surface area contributed by atoms with E-state index in [1.54, 1.807) is 12.1 Å². The Morgan fingerprint density at radius 3 is 2.24 bits per heavy atom. The fourth-order valence-corrected chi connectivity index (χ4v) is 1.84. The lowest BCUT2D eigenvalue weighted by Gasteiger charge is -2.10. The van der Waals surface area contributed by atoms with E-state index in [4.69, 9.17) is 39.5 Å². The Hall–Kier alpha value is -1.09. The molecule has 0 aliphatic carbocycles. The van der Waals surface area contributed by atoms with Gasteiger partial charge >= 0.3 is 0 Å². The van der Waals surface area contributed by atoms with E-state index in [0.29, 0.717) is 5.75 Å². The maximum Gasteiger partial charge on any atom is 0.179 e. The lowest BCUT2D eigenvalue weighted by molar-refractivity contribution is 0.411. The van der Waals surface area contributed by atoms with Gasteiger partial charge in [-0.25, -0.2) is 0 Å². The third-order valence-corrected chi connectivity index (χ3v) is 3.32. The first-order valence-electron chi connectivity index (χ1n) is 4.69. The van der Waals surface area contributed by atoms with Crippen molar-refractivity contribution in [3.8, 4) is 17.2 Å². The summed E-state index contributed by atoms with van der Waals surface area (Å²) < 4.78 is 5.45. The summed E-state index contributed by atoms with van der Waals surface area (Å²) in [6.07, 6.45) is 0. The van der Waals surface area contributed by atoms with Crippen molar-refractivity contribution >= 4 is 34.8 Å². The van der Waals surface area contributed by atoms with Crippen LogP contribution in [0.15, 0.2) is 36.4 Å². The van der Waals surface area contributed by atoms with Gasteiger partial charge in [-0.1, -0.05) is 53.0 Å². The van der Waals surface area contributed by atoms with Gasteiger partial charge < -0.3 is 9.84 Å². The Kier molecular flexibility index (Phi) is 3.67. The van der Waals surface area contributed by atoms with Gasteiger partial charge in [0.25, 0.3) is 0 Å². The lowest BCUT2D eigenvalue weighted by atomic mass is 10.3. The summed E-state index contributed by atoms with van der Waals surface area (Å²) in [5.74, 6) is 0.498. The van der Waals surface area contributed by atoms with Crippen LogP contribution >= 0.6 is 34.8 Å². The molecule has 5 heteroatoms. The summed E-state index contributed by atoms with van der Waals surface area (Å²) in [5, 5.41) is 10.1. The van der Waals surface area contributed by atoms with Crippen LogP contribution in [0.25, 0.3) is 0 Å². The predicted octanol–water partition coefficient (Wildman–Crippen LogP) is 5.14. The highest BCUT2D eigenvalue weighted by atomic mass is 35.5. The minimum atomic E-state index is -0.232. The Morgan fingerprint density at radius 2 is 1.59 bits per heavy atom. The summed E-state index contributed by atoms with van der Waals surface area (Å²) >= 11 is 17.4. The SMILES string of the molecule is Oc1c(Oc2ccccc2)cc(Cl)c(Cl)c1Cl. The van der Waals surface area contributed by atoms with E-state index in [2.05, 4.69) is 0 Å². The Morgan fingerprint density at radius 1 is 0.941 bits per heavy atom. The molecule has 0 aromatic heterocycles. The number of phenolic OH excluding ortho intramolecular Hbond substituents is 1. The molecule has 1 N–H and O–H groups in total. The number of para-hydroxylation sites is 1. The van der Waals surface area contributed by atoms with Crippen LogP contribution in [0.4, 0.5) is 0 Å². The first-order chi connectivity index (χ1) is 8.09. The number of hydrogen-bond acceptors (Lipinski definition) is 2. The molecule has 0 spiro atoms. The first-order valence-corrected chi connectivity index (χ1v) is 5.82. The number of halogens is 3. The van der Waals surface area contributed by atoms with Gasteiger partial charge in [0.15, 0.2) is 11.5 Å². The van der Waals surface area contributed by atoms with Crippen LogP contribution in [0, 0.1) is 0 Å². The van der Waals surface area contributed by atoms with Crippen molar-refractivity contribution in [3.05, 3.63) is 51.5 Å². The highest BCUT2D eigenvalue weighted by Crippen LogP contribution is 2.44. The van der Waals surface area contributed by atoms with Crippen molar-refractivity contribution in [2.45, 2.75) is 0 Å². The molecule has 2 rings (SSSR count). The van der Waals surface area contributed by atoms with Gasteiger partial charge in [0.1, 0.15) is 10.8 Å². The maximum atomic E-state index is 9.76. The maximum absolute atomic E-state index is 9.76. The van der Waals surface area contributed by atoms with Crippen molar-refractivity contribution in [1.82, 2.24) is 0 Å². The van der Waals surface area contributed by atoms with Crippen LogP contribution in [0.1, 0.15) is 0 Å². The van der Waals surface area contributed by atoms with Crippen LogP contribution in [0.5, 0.6) is 17.2 Å². The third-order valence-electron chi connectivity index (χ3n) is 2.07. The minimum absolute atomic E-state index is 0.0231. The smallest absolute Gasteiger partial charge is 0.179 e. The minimum Gasteiger partial charge on any atom is -0.503 e. The normalized spacial score (nSPS) is 10.3. The van der Waals surface area contributed by atoms with Crippen LogP contribution in [-0.2, 0) is 0 Å². The third kappa shape index (κ3) is 2.60. The number of ether oxygens (including phenoxy) is 1. The van der Waals surface area contributed by atoms with Gasteiger partial charge in [-0.05, 0) is 12.1 Å². The van der Waals surface area contributed by atoms with Gasteiger partial charge in [0.05, 0.1) is 10.0 Å². The molecular weight excluding hydrogens is 282 g/mol. The fourth-order valence-electron chi connectivity index (χ4n) is 1.26. The molecule has 0 radical (unpaired) electrons. The van der Waals surface area contributed by atoms with Crippen molar-refractivity contribution in [1.29, 1.82) is 0 Å². The molecule has 0 saturated carbocycles. The molecule has 2 nitrogen and oxygen atoms in total. The average molecular weight is 290 g/mol. The van der Waals surface area contributed by atoms with Gasteiger partial charge in [-0.3, -0.25) is 0 Å². The topological polar surface area (TPSA) is 29.5 Å².